The van der Waals surface area contributed by atoms with Crippen molar-refractivity contribution >= 4 is 17.6 Å². The van der Waals surface area contributed by atoms with E-state index in [1.165, 1.54) is 13.2 Å². The topological polar surface area (TPSA) is 66.8 Å². The van der Waals surface area contributed by atoms with Gasteiger partial charge in [0, 0.05) is 0 Å². The Hall–Kier alpha value is -1.42. The molecule has 0 fully saturated rings. The van der Waals surface area contributed by atoms with E-state index in [2.05, 4.69) is 0 Å². The molecule has 2 N–H and O–H groups in total. The van der Waals surface area contributed by atoms with Gasteiger partial charge >= 0.3 is 5.97 Å². The lowest BCUT2D eigenvalue weighted by Crippen LogP contribution is -2.01. The summed E-state index contributed by atoms with van der Waals surface area (Å²) < 4.78 is 4.80. The summed E-state index contributed by atoms with van der Waals surface area (Å²) in [5.74, 6) is -1.63. The Morgan fingerprint density at radius 1 is 1.57 bits per heavy atom. The van der Waals surface area contributed by atoms with E-state index in [1.807, 2.05) is 0 Å². The molecule has 1 aromatic rings. The van der Waals surface area contributed by atoms with E-state index in [4.69, 9.17) is 21.4 Å². The molecule has 0 saturated carbocycles. The quantitative estimate of drug-likeness (QED) is 0.794. The van der Waals surface area contributed by atoms with Gasteiger partial charge in [0.05, 0.1) is 12.1 Å². The summed E-state index contributed by atoms with van der Waals surface area (Å²) in [6, 6.07) is 1.48. The van der Waals surface area contributed by atoms with Crippen LogP contribution < -0.4 is 4.74 Å². The van der Waals surface area contributed by atoms with E-state index in [0.717, 1.165) is 0 Å². The maximum atomic E-state index is 10.8. The van der Waals surface area contributed by atoms with Crippen LogP contribution in [-0.2, 0) is 0 Å². The molecule has 0 aromatic heterocycles. The van der Waals surface area contributed by atoms with Crippen LogP contribution in [0, 0.1) is 6.92 Å². The van der Waals surface area contributed by atoms with Crippen LogP contribution in [0.5, 0.6) is 11.5 Å². The first-order chi connectivity index (χ1) is 6.49. The first-order valence-corrected chi connectivity index (χ1v) is 4.16. The van der Waals surface area contributed by atoms with E-state index < -0.39 is 11.7 Å². The van der Waals surface area contributed by atoms with Gasteiger partial charge in [0.2, 0.25) is 0 Å². The molecule has 76 valence electrons. The van der Waals surface area contributed by atoms with Crippen molar-refractivity contribution in [2.75, 3.05) is 7.11 Å². The first-order valence-electron chi connectivity index (χ1n) is 3.78. The molecule has 0 aliphatic heterocycles. The molecule has 0 radical (unpaired) electrons. The van der Waals surface area contributed by atoms with E-state index in [1.54, 1.807) is 6.92 Å². The Balaban J connectivity index is 3.53. The lowest BCUT2D eigenvalue weighted by Gasteiger charge is -2.09. The average Bonchev–Trinajstić information content (AvgIpc) is 2.11. The fourth-order valence-electron chi connectivity index (χ4n) is 1.10. The van der Waals surface area contributed by atoms with Gasteiger partial charge < -0.3 is 14.9 Å². The highest BCUT2D eigenvalue weighted by molar-refractivity contribution is 6.34. The number of aromatic carboxylic acids is 1. The van der Waals surface area contributed by atoms with E-state index in [-0.39, 0.29) is 16.3 Å². The third-order valence-electron chi connectivity index (χ3n) is 1.82. The van der Waals surface area contributed by atoms with Crippen molar-refractivity contribution in [3.63, 3.8) is 0 Å². The number of methoxy groups -OCH3 is 1. The molecular weight excluding hydrogens is 208 g/mol. The van der Waals surface area contributed by atoms with Gasteiger partial charge in [0.25, 0.3) is 0 Å². The highest BCUT2D eigenvalue weighted by Gasteiger charge is 2.20. The number of carbonyl (C=O) groups is 1. The summed E-state index contributed by atoms with van der Waals surface area (Å²) in [4.78, 5) is 10.8. The van der Waals surface area contributed by atoms with Gasteiger partial charge in [0.1, 0.15) is 5.56 Å². The molecule has 1 aromatic carbocycles. The third kappa shape index (κ3) is 1.61. The second-order valence-corrected chi connectivity index (χ2v) is 3.12. The maximum absolute atomic E-state index is 10.8. The van der Waals surface area contributed by atoms with Crippen molar-refractivity contribution in [3.8, 4) is 11.5 Å². The third-order valence-corrected chi connectivity index (χ3v) is 2.30. The Bertz CT molecular complexity index is 387. The molecule has 0 saturated heterocycles. The molecule has 0 aliphatic rings. The zero-order valence-corrected chi connectivity index (χ0v) is 8.42. The number of rotatable bonds is 2. The van der Waals surface area contributed by atoms with Gasteiger partial charge in [0.15, 0.2) is 11.5 Å². The fraction of sp³-hybridized carbons (Fsp3) is 0.222. The first kappa shape index (κ1) is 10.7. The number of carboxylic acid groups (broad SMARTS) is 1. The van der Waals surface area contributed by atoms with Crippen LogP contribution in [0.1, 0.15) is 15.9 Å². The molecule has 0 atom stereocenters. The van der Waals surface area contributed by atoms with Crippen LogP contribution in [0.3, 0.4) is 0 Å². The lowest BCUT2D eigenvalue weighted by atomic mass is 10.1. The number of phenols is 1. The molecule has 4 nitrogen and oxygen atoms in total. The standard InChI is InChI=1S/C9H9ClO4/c1-4-3-5(14-2)8(11)6(7(4)10)9(12)13/h3,11H,1-2H3,(H,12,13). The number of hydrogen-bond donors (Lipinski definition) is 2. The summed E-state index contributed by atoms with van der Waals surface area (Å²) in [6.45, 7) is 1.64. The van der Waals surface area contributed by atoms with Crippen molar-refractivity contribution in [2.45, 2.75) is 6.92 Å². The molecule has 0 heterocycles. The predicted molar refractivity (Wildman–Crippen MR) is 51.4 cm³/mol. The highest BCUT2D eigenvalue weighted by atomic mass is 35.5. The van der Waals surface area contributed by atoms with E-state index in [9.17, 15) is 9.90 Å². The molecule has 0 amide bonds. The average molecular weight is 217 g/mol. The van der Waals surface area contributed by atoms with Crippen molar-refractivity contribution in [2.24, 2.45) is 0 Å². The van der Waals surface area contributed by atoms with Crippen LogP contribution in [-0.4, -0.2) is 23.3 Å². The second-order valence-electron chi connectivity index (χ2n) is 2.74. The summed E-state index contributed by atoms with van der Waals surface area (Å²) in [6.07, 6.45) is 0. The molecular formula is C9H9ClO4. The lowest BCUT2D eigenvalue weighted by molar-refractivity contribution is 0.0693. The van der Waals surface area contributed by atoms with Gasteiger partial charge in [-0.1, -0.05) is 11.6 Å². The molecule has 5 heteroatoms. The minimum atomic E-state index is -1.28. The van der Waals surface area contributed by atoms with Crippen LogP contribution >= 0.6 is 11.6 Å². The van der Waals surface area contributed by atoms with Crippen molar-refractivity contribution in [1.82, 2.24) is 0 Å². The Labute approximate surface area is 85.7 Å². The molecule has 0 aliphatic carbocycles. The van der Waals surface area contributed by atoms with Crippen molar-refractivity contribution < 1.29 is 19.7 Å². The molecule has 14 heavy (non-hydrogen) atoms. The zero-order chi connectivity index (χ0) is 10.9. The molecule has 0 unspecified atom stereocenters. The maximum Gasteiger partial charge on any atom is 0.341 e. The highest BCUT2D eigenvalue weighted by Crippen LogP contribution is 2.37. The largest absolute Gasteiger partial charge is 0.504 e. The van der Waals surface area contributed by atoms with Gasteiger partial charge in [-0.25, -0.2) is 4.79 Å². The number of aromatic hydroxyl groups is 1. The zero-order valence-electron chi connectivity index (χ0n) is 7.67. The van der Waals surface area contributed by atoms with Crippen molar-refractivity contribution in [3.05, 3.63) is 22.2 Å². The number of benzene rings is 1. The SMILES string of the molecule is COc1cc(C)c(Cl)c(C(=O)O)c1O. The van der Waals surface area contributed by atoms with Crippen LogP contribution in [0.15, 0.2) is 6.07 Å². The van der Waals surface area contributed by atoms with Crippen LogP contribution in [0.2, 0.25) is 5.02 Å². The van der Waals surface area contributed by atoms with Crippen molar-refractivity contribution in [1.29, 1.82) is 0 Å². The summed E-state index contributed by atoms with van der Waals surface area (Å²) in [5.41, 5.74) is 0.210. The second kappa shape index (κ2) is 3.75. The Morgan fingerprint density at radius 2 is 2.14 bits per heavy atom. The number of carboxylic acids is 1. The van der Waals surface area contributed by atoms with E-state index in [0.29, 0.717) is 5.56 Å². The predicted octanol–water partition coefficient (Wildman–Crippen LogP) is 2.06. The smallest absolute Gasteiger partial charge is 0.341 e. The monoisotopic (exact) mass is 216 g/mol. The summed E-state index contributed by atoms with van der Waals surface area (Å²) in [7, 11) is 1.34. The Morgan fingerprint density at radius 3 is 2.57 bits per heavy atom. The minimum absolute atomic E-state index is 0.0239. The van der Waals surface area contributed by atoms with Gasteiger partial charge in [-0.05, 0) is 18.6 Å². The summed E-state index contributed by atoms with van der Waals surface area (Å²) in [5, 5.41) is 18.3. The number of ether oxygens (including phenoxy) is 1. The molecule has 0 bridgehead atoms. The Kier molecular flexibility index (Phi) is 2.86. The van der Waals surface area contributed by atoms with E-state index >= 15 is 0 Å². The number of aryl methyl sites for hydroxylation is 1. The van der Waals surface area contributed by atoms with Gasteiger partial charge in [-0.2, -0.15) is 0 Å². The molecule has 0 spiro atoms. The van der Waals surface area contributed by atoms with Crippen LogP contribution in [0.25, 0.3) is 0 Å². The minimum Gasteiger partial charge on any atom is -0.504 e. The normalized spacial score (nSPS) is 9.93. The van der Waals surface area contributed by atoms with Gasteiger partial charge in [-0.15, -0.1) is 0 Å². The number of hydrogen-bond acceptors (Lipinski definition) is 3. The number of halogens is 1. The summed E-state index contributed by atoms with van der Waals surface area (Å²) >= 11 is 5.73. The fourth-order valence-corrected chi connectivity index (χ4v) is 1.33. The van der Waals surface area contributed by atoms with Gasteiger partial charge in [-0.3, -0.25) is 0 Å². The molecule has 1 rings (SSSR count). The van der Waals surface area contributed by atoms with Crippen LogP contribution in [0.4, 0.5) is 0 Å².